The summed E-state index contributed by atoms with van der Waals surface area (Å²) in [5, 5.41) is 2.48. The Bertz CT molecular complexity index is 863. The van der Waals surface area contributed by atoms with Crippen molar-refractivity contribution >= 4 is 27.8 Å². The minimum atomic E-state index is -0.740. The van der Waals surface area contributed by atoms with Crippen LogP contribution in [0.4, 0.5) is 4.79 Å². The molecule has 0 spiro atoms. The molecule has 3 N–H and O–H groups in total. The Labute approximate surface area is 188 Å². The first-order valence-electron chi connectivity index (χ1n) is 9.78. The number of hydrogen-bond acceptors (Lipinski definition) is 4. The van der Waals surface area contributed by atoms with Gasteiger partial charge in [-0.2, -0.15) is 0 Å². The molecule has 0 aliphatic carbocycles. The first-order valence-corrected chi connectivity index (χ1v) is 10.6. The van der Waals surface area contributed by atoms with Crippen molar-refractivity contribution in [2.75, 3.05) is 0 Å². The van der Waals surface area contributed by atoms with Crippen molar-refractivity contribution in [2.24, 2.45) is 5.73 Å². The summed E-state index contributed by atoms with van der Waals surface area (Å²) in [6, 6.07) is 7.63. The zero-order valence-electron chi connectivity index (χ0n) is 18.9. The molecule has 30 heavy (non-hydrogen) atoms. The molecule has 0 aliphatic rings. The molecule has 164 valence electrons. The van der Waals surface area contributed by atoms with E-state index in [1.165, 1.54) is 0 Å². The number of ether oxygens (including phenoxy) is 1. The van der Waals surface area contributed by atoms with E-state index in [9.17, 15) is 9.59 Å². The molecule has 0 radical (unpaired) electrons. The van der Waals surface area contributed by atoms with Gasteiger partial charge in [-0.15, -0.1) is 0 Å². The highest BCUT2D eigenvalue weighted by atomic mass is 79.9. The van der Waals surface area contributed by atoms with Gasteiger partial charge in [-0.25, -0.2) is 4.79 Å². The lowest BCUT2D eigenvalue weighted by molar-refractivity contribution is -0.112. The summed E-state index contributed by atoms with van der Waals surface area (Å²) in [6.07, 6.45) is 2.14. The fourth-order valence-electron chi connectivity index (χ4n) is 2.35. The number of amides is 1. The van der Waals surface area contributed by atoms with E-state index < -0.39 is 18.0 Å². The predicted molar refractivity (Wildman–Crippen MR) is 128 cm³/mol. The molecule has 1 atom stereocenters. The van der Waals surface area contributed by atoms with E-state index in [4.69, 9.17) is 10.5 Å². The molecular formula is C24H33BrN2O3. The number of rotatable bonds is 7. The minimum absolute atomic E-state index is 0.00409. The number of ketones is 1. The van der Waals surface area contributed by atoms with E-state index in [1.807, 2.05) is 52.0 Å². The Morgan fingerprint density at radius 3 is 2.23 bits per heavy atom. The fourth-order valence-corrected chi connectivity index (χ4v) is 2.48. The van der Waals surface area contributed by atoms with Gasteiger partial charge in [-0.3, -0.25) is 10.1 Å². The molecule has 0 fully saturated rings. The normalized spacial score (nSPS) is 13.3. The fraction of sp³-hybridized carbons (Fsp3) is 0.333. The lowest BCUT2D eigenvalue weighted by atomic mass is 10.0. The zero-order chi connectivity index (χ0) is 23.4. The zero-order valence-corrected chi connectivity index (χ0v) is 20.5. The van der Waals surface area contributed by atoms with Gasteiger partial charge in [0.05, 0.1) is 0 Å². The largest absolute Gasteiger partial charge is 0.441 e. The number of allylic oxidation sites excluding steroid dienone is 6. The van der Waals surface area contributed by atoms with Gasteiger partial charge in [0.1, 0.15) is 11.8 Å². The lowest BCUT2D eigenvalue weighted by Gasteiger charge is -2.17. The third-order valence-corrected chi connectivity index (χ3v) is 4.95. The number of hydrogen-bond donors (Lipinski definition) is 2. The second-order valence-corrected chi connectivity index (χ2v) is 7.42. The number of nitrogens with two attached hydrogens (primary N) is 1. The van der Waals surface area contributed by atoms with Crippen LogP contribution in [-0.2, 0) is 9.53 Å². The average molecular weight is 477 g/mol. The molecule has 0 aromatic heterocycles. The van der Waals surface area contributed by atoms with Crippen LogP contribution in [0.2, 0.25) is 0 Å². The van der Waals surface area contributed by atoms with E-state index in [1.54, 1.807) is 32.9 Å². The van der Waals surface area contributed by atoms with Crippen molar-refractivity contribution in [3.05, 3.63) is 81.1 Å². The highest BCUT2D eigenvalue weighted by Crippen LogP contribution is 2.21. The molecule has 1 rings (SSSR count). The standard InChI is InChI=1S/C22H27BrN2O3.C2H6/c1-13(2)19(23)12-11-15(4)21(26)20(16(5)24)25-22(27)28-17(6)18-10-8-7-9-14(18)3;1-2/h7-12,17H,1,24H2,2-6H3,(H,25,27);1-2H3/b15-11+,19-12+,20-16+;. The third-order valence-electron chi connectivity index (χ3n) is 4.00. The number of nitrogens with one attached hydrogen (secondary N) is 1. The van der Waals surface area contributed by atoms with Gasteiger partial charge in [0.2, 0.25) is 5.78 Å². The molecule has 1 aromatic carbocycles. The van der Waals surface area contributed by atoms with Crippen LogP contribution in [0.5, 0.6) is 0 Å². The number of Topliss-reactive ketones (excluding diaryl/α,β-unsaturated/α-hetero) is 1. The summed E-state index contributed by atoms with van der Waals surface area (Å²) >= 11 is 3.36. The maximum absolute atomic E-state index is 12.7. The third kappa shape index (κ3) is 8.82. The van der Waals surface area contributed by atoms with Crippen LogP contribution in [0.15, 0.2) is 70.0 Å². The van der Waals surface area contributed by atoms with Gasteiger partial charge >= 0.3 is 6.09 Å². The van der Waals surface area contributed by atoms with Crippen LogP contribution < -0.4 is 11.1 Å². The maximum Gasteiger partial charge on any atom is 0.412 e. The Hall–Kier alpha value is -2.60. The predicted octanol–water partition coefficient (Wildman–Crippen LogP) is 6.37. The van der Waals surface area contributed by atoms with Crippen molar-refractivity contribution in [3.63, 3.8) is 0 Å². The van der Waals surface area contributed by atoms with Crippen LogP contribution in [0.3, 0.4) is 0 Å². The summed E-state index contributed by atoms with van der Waals surface area (Å²) in [6.45, 7) is 16.6. The second kappa shape index (κ2) is 13.6. The quantitative estimate of drug-likeness (QED) is 0.353. The first-order chi connectivity index (χ1) is 14.0. The number of halogens is 1. The van der Waals surface area contributed by atoms with Crippen LogP contribution in [-0.4, -0.2) is 11.9 Å². The van der Waals surface area contributed by atoms with Gasteiger partial charge in [0, 0.05) is 10.2 Å². The van der Waals surface area contributed by atoms with Crippen LogP contribution in [0.25, 0.3) is 0 Å². The summed E-state index contributed by atoms with van der Waals surface area (Å²) < 4.78 is 6.19. The lowest BCUT2D eigenvalue weighted by Crippen LogP contribution is -2.31. The first kappa shape index (κ1) is 27.4. The Kier molecular flexibility index (Phi) is 12.4. The molecular weight excluding hydrogens is 444 g/mol. The van der Waals surface area contributed by atoms with Crippen molar-refractivity contribution in [2.45, 2.75) is 54.6 Å². The highest BCUT2D eigenvalue weighted by Gasteiger charge is 2.20. The van der Waals surface area contributed by atoms with E-state index >= 15 is 0 Å². The molecule has 0 aliphatic heterocycles. The average Bonchev–Trinajstić information content (AvgIpc) is 2.70. The van der Waals surface area contributed by atoms with Gasteiger partial charge in [-0.1, -0.05) is 66.7 Å². The molecule has 1 aromatic rings. The maximum atomic E-state index is 12.7. The minimum Gasteiger partial charge on any atom is -0.441 e. The van der Waals surface area contributed by atoms with Gasteiger partial charge in [-0.05, 0) is 63.0 Å². The summed E-state index contributed by atoms with van der Waals surface area (Å²) in [7, 11) is 0. The number of benzene rings is 1. The van der Waals surface area contributed by atoms with Crippen molar-refractivity contribution in [3.8, 4) is 0 Å². The number of alkyl carbamates (subject to hydrolysis) is 1. The van der Waals surface area contributed by atoms with Gasteiger partial charge in [0.15, 0.2) is 0 Å². The molecule has 5 nitrogen and oxygen atoms in total. The topological polar surface area (TPSA) is 81.4 Å². The summed E-state index contributed by atoms with van der Waals surface area (Å²) in [5.74, 6) is -0.390. The number of aryl methyl sites for hydroxylation is 1. The van der Waals surface area contributed by atoms with E-state index in [0.29, 0.717) is 5.57 Å². The second-order valence-electron chi connectivity index (χ2n) is 6.56. The van der Waals surface area contributed by atoms with Crippen molar-refractivity contribution < 1.29 is 14.3 Å². The van der Waals surface area contributed by atoms with E-state index in [2.05, 4.69) is 27.8 Å². The molecule has 0 bridgehead atoms. The van der Waals surface area contributed by atoms with E-state index in [0.717, 1.165) is 21.2 Å². The summed E-state index contributed by atoms with van der Waals surface area (Å²) in [4.78, 5) is 25.0. The van der Waals surface area contributed by atoms with Crippen molar-refractivity contribution in [1.82, 2.24) is 5.32 Å². The molecule has 1 unspecified atom stereocenters. The van der Waals surface area contributed by atoms with Crippen molar-refractivity contribution in [1.29, 1.82) is 0 Å². The molecule has 0 saturated heterocycles. The Morgan fingerprint density at radius 1 is 1.17 bits per heavy atom. The van der Waals surface area contributed by atoms with E-state index in [-0.39, 0.29) is 11.4 Å². The molecule has 0 saturated carbocycles. The Morgan fingerprint density at radius 2 is 1.73 bits per heavy atom. The Balaban J connectivity index is 0.00000407. The molecule has 6 heteroatoms. The molecule has 1 amide bonds. The smallest absolute Gasteiger partial charge is 0.412 e. The van der Waals surface area contributed by atoms with Crippen LogP contribution >= 0.6 is 15.9 Å². The SMILES string of the molecule is C=C(C)/C(Br)=C\C=C(/C)C(=O)/C(NC(=O)OC(C)c1ccccc1C)=C(/C)N.CC. The highest BCUT2D eigenvalue weighted by molar-refractivity contribution is 9.12. The van der Waals surface area contributed by atoms with Crippen LogP contribution in [0.1, 0.15) is 58.8 Å². The van der Waals surface area contributed by atoms with Crippen LogP contribution in [0, 0.1) is 6.92 Å². The number of carbonyl (C=O) groups is 2. The van der Waals surface area contributed by atoms with Gasteiger partial charge in [0.25, 0.3) is 0 Å². The van der Waals surface area contributed by atoms with Gasteiger partial charge < -0.3 is 10.5 Å². The monoisotopic (exact) mass is 476 g/mol. The summed E-state index contributed by atoms with van der Waals surface area (Å²) in [5.41, 5.74) is 9.15. The number of carbonyl (C=O) groups excluding carboxylic acids is 2. The molecule has 0 heterocycles.